The van der Waals surface area contributed by atoms with Crippen molar-refractivity contribution in [3.63, 3.8) is 0 Å². The van der Waals surface area contributed by atoms with E-state index in [2.05, 4.69) is 26.2 Å². The van der Waals surface area contributed by atoms with Gasteiger partial charge in [-0.05, 0) is 25.0 Å². The lowest BCUT2D eigenvalue weighted by atomic mass is 10.1. The van der Waals surface area contributed by atoms with Crippen LogP contribution in [0.3, 0.4) is 0 Å². The highest BCUT2D eigenvalue weighted by Gasteiger charge is 2.28. The molecule has 1 unspecified atom stereocenters. The highest BCUT2D eigenvalue weighted by Crippen LogP contribution is 2.30. The van der Waals surface area contributed by atoms with Gasteiger partial charge in [0.25, 0.3) is 10.0 Å². The first-order valence-corrected chi connectivity index (χ1v) is 9.74. The minimum atomic E-state index is -3.91. The van der Waals surface area contributed by atoms with E-state index in [1.54, 1.807) is 18.3 Å². The van der Waals surface area contributed by atoms with Crippen molar-refractivity contribution in [3.8, 4) is 6.07 Å². The van der Waals surface area contributed by atoms with Gasteiger partial charge in [-0.3, -0.25) is 14.2 Å². The Morgan fingerprint density at radius 1 is 1.41 bits per heavy atom. The third-order valence-electron chi connectivity index (χ3n) is 4.64. The topological polar surface area (TPSA) is 133 Å². The highest BCUT2D eigenvalue weighted by molar-refractivity contribution is 7.92. The van der Waals surface area contributed by atoms with Crippen molar-refractivity contribution in [3.05, 3.63) is 41.9 Å². The summed E-state index contributed by atoms with van der Waals surface area (Å²) >= 11 is 0. The number of sulfonamides is 1. The van der Waals surface area contributed by atoms with Crippen LogP contribution in [0, 0.1) is 18.3 Å². The van der Waals surface area contributed by atoms with Gasteiger partial charge in [0.15, 0.2) is 0 Å². The Morgan fingerprint density at radius 2 is 2.22 bits per heavy atom. The van der Waals surface area contributed by atoms with Crippen LogP contribution in [0.15, 0.2) is 35.6 Å². The van der Waals surface area contributed by atoms with Crippen LogP contribution in [0.4, 0.5) is 5.69 Å². The molecule has 3 heterocycles. The number of amides is 1. The molecule has 1 amide bonds. The van der Waals surface area contributed by atoms with Gasteiger partial charge in [-0.2, -0.15) is 10.4 Å². The lowest BCUT2D eigenvalue weighted by Crippen LogP contribution is -2.22. The number of benzene rings is 1. The van der Waals surface area contributed by atoms with E-state index < -0.39 is 16.1 Å². The third-order valence-corrected chi connectivity index (χ3v) is 5.96. The van der Waals surface area contributed by atoms with Crippen molar-refractivity contribution in [1.29, 1.82) is 5.26 Å². The number of anilines is 1. The number of aromatic nitrogens is 3. The van der Waals surface area contributed by atoms with Gasteiger partial charge in [0.2, 0.25) is 5.91 Å². The molecule has 0 bridgehead atoms. The monoisotopic (exact) mass is 384 g/mol. The first kappa shape index (κ1) is 17.1. The SMILES string of the molecule is Cc1ccc(NS(=O)(=O)c2cnn(C3CCNC3=O)c2)c2[nH]cc(C#N)c12. The van der Waals surface area contributed by atoms with Crippen molar-refractivity contribution < 1.29 is 13.2 Å². The first-order chi connectivity index (χ1) is 12.9. The molecule has 0 spiro atoms. The fourth-order valence-electron chi connectivity index (χ4n) is 3.26. The van der Waals surface area contributed by atoms with Crippen LogP contribution in [0.2, 0.25) is 0 Å². The summed E-state index contributed by atoms with van der Waals surface area (Å²) in [4.78, 5) is 14.7. The zero-order chi connectivity index (χ0) is 19.2. The van der Waals surface area contributed by atoms with E-state index in [0.29, 0.717) is 35.1 Å². The number of H-pyrrole nitrogens is 1. The van der Waals surface area contributed by atoms with E-state index in [1.165, 1.54) is 17.1 Å². The van der Waals surface area contributed by atoms with E-state index in [9.17, 15) is 18.5 Å². The molecule has 9 nitrogen and oxygen atoms in total. The second kappa shape index (κ2) is 6.14. The van der Waals surface area contributed by atoms with Crippen LogP contribution in [0.25, 0.3) is 10.9 Å². The molecule has 27 heavy (non-hydrogen) atoms. The number of rotatable bonds is 4. The maximum Gasteiger partial charge on any atom is 0.265 e. The number of hydrogen-bond donors (Lipinski definition) is 3. The lowest BCUT2D eigenvalue weighted by Gasteiger charge is -2.09. The summed E-state index contributed by atoms with van der Waals surface area (Å²) in [5, 5.41) is 16.6. The molecular weight excluding hydrogens is 368 g/mol. The summed E-state index contributed by atoms with van der Waals surface area (Å²) in [5.74, 6) is -0.175. The van der Waals surface area contributed by atoms with Crippen LogP contribution < -0.4 is 10.0 Å². The molecule has 0 aliphatic carbocycles. The Labute approximate surface area is 155 Å². The molecular formula is C17H16N6O3S. The number of aryl methyl sites for hydroxylation is 1. The third kappa shape index (κ3) is 2.82. The molecule has 3 N–H and O–H groups in total. The molecule has 10 heteroatoms. The normalized spacial score (nSPS) is 17.0. The van der Waals surface area contributed by atoms with Gasteiger partial charge in [-0.15, -0.1) is 0 Å². The lowest BCUT2D eigenvalue weighted by molar-refractivity contribution is -0.122. The average Bonchev–Trinajstić information content (AvgIpc) is 3.35. The molecule has 138 valence electrons. The van der Waals surface area contributed by atoms with E-state index in [0.717, 1.165) is 5.56 Å². The van der Waals surface area contributed by atoms with Gasteiger partial charge in [0.1, 0.15) is 17.0 Å². The Hall–Kier alpha value is -3.32. The molecule has 1 saturated heterocycles. The highest BCUT2D eigenvalue weighted by atomic mass is 32.2. The number of nitrogens with zero attached hydrogens (tertiary/aromatic N) is 3. The second-order valence-corrected chi connectivity index (χ2v) is 8.03. The number of carbonyl (C=O) groups excluding carboxylic acids is 1. The van der Waals surface area contributed by atoms with E-state index in [4.69, 9.17) is 0 Å². The average molecular weight is 384 g/mol. The fraction of sp³-hybridized carbons (Fsp3) is 0.235. The van der Waals surface area contributed by atoms with Crippen LogP contribution >= 0.6 is 0 Å². The van der Waals surface area contributed by atoms with Crippen molar-refractivity contribution in [2.45, 2.75) is 24.3 Å². The standard InChI is InChI=1S/C17H16N6O3S/c1-10-2-3-13(16-15(10)11(6-18)7-20-16)22-27(25,26)12-8-21-23(9-12)14-4-5-19-17(14)24/h2-3,7-9,14,20,22H,4-5H2,1H3,(H,19,24). The number of fused-ring (bicyclic) bond motifs is 1. The van der Waals surface area contributed by atoms with Crippen LogP contribution in [-0.4, -0.2) is 35.6 Å². The van der Waals surface area contributed by atoms with Crippen molar-refractivity contribution >= 4 is 32.5 Å². The molecule has 4 rings (SSSR count). The summed E-state index contributed by atoms with van der Waals surface area (Å²) in [6, 6.07) is 4.98. The predicted octanol–water partition coefficient (Wildman–Crippen LogP) is 1.41. The molecule has 1 aliphatic heterocycles. The number of aromatic amines is 1. The minimum absolute atomic E-state index is 0.0389. The van der Waals surface area contributed by atoms with E-state index in [1.807, 2.05) is 6.92 Å². The van der Waals surface area contributed by atoms with E-state index >= 15 is 0 Å². The van der Waals surface area contributed by atoms with Crippen LogP contribution in [0.5, 0.6) is 0 Å². The maximum atomic E-state index is 12.8. The molecule has 0 radical (unpaired) electrons. The van der Waals surface area contributed by atoms with Gasteiger partial charge in [-0.1, -0.05) is 6.07 Å². The Balaban J connectivity index is 1.69. The van der Waals surface area contributed by atoms with Gasteiger partial charge < -0.3 is 10.3 Å². The minimum Gasteiger partial charge on any atom is -0.358 e. The largest absolute Gasteiger partial charge is 0.358 e. The Kier molecular flexibility index (Phi) is 3.89. The molecule has 1 aliphatic rings. The van der Waals surface area contributed by atoms with Crippen molar-refractivity contribution in [2.75, 3.05) is 11.3 Å². The van der Waals surface area contributed by atoms with Gasteiger partial charge in [0.05, 0.1) is 23.0 Å². The van der Waals surface area contributed by atoms with Gasteiger partial charge in [-0.25, -0.2) is 8.42 Å². The second-order valence-electron chi connectivity index (χ2n) is 6.35. The molecule has 1 aromatic carbocycles. The number of hydrogen-bond acceptors (Lipinski definition) is 5. The van der Waals surface area contributed by atoms with Crippen LogP contribution in [-0.2, 0) is 14.8 Å². The fourth-order valence-corrected chi connectivity index (χ4v) is 4.27. The van der Waals surface area contributed by atoms with Crippen molar-refractivity contribution in [2.24, 2.45) is 0 Å². The number of nitriles is 1. The summed E-state index contributed by atoms with van der Waals surface area (Å²) in [5.41, 5.74) is 2.19. The van der Waals surface area contributed by atoms with Gasteiger partial charge >= 0.3 is 0 Å². The van der Waals surface area contributed by atoms with Gasteiger partial charge in [0, 0.05) is 24.3 Å². The summed E-state index contributed by atoms with van der Waals surface area (Å²) < 4.78 is 29.4. The van der Waals surface area contributed by atoms with Crippen LogP contribution in [0.1, 0.15) is 23.6 Å². The zero-order valence-corrected chi connectivity index (χ0v) is 15.2. The maximum absolute atomic E-state index is 12.8. The Bertz CT molecular complexity index is 1200. The molecule has 3 aromatic rings. The molecule has 2 aromatic heterocycles. The molecule has 1 fully saturated rings. The quantitative estimate of drug-likeness (QED) is 0.625. The van der Waals surface area contributed by atoms with Crippen molar-refractivity contribution in [1.82, 2.24) is 20.1 Å². The summed E-state index contributed by atoms with van der Waals surface area (Å²) in [6.45, 7) is 2.39. The number of carbonyl (C=O) groups is 1. The summed E-state index contributed by atoms with van der Waals surface area (Å²) in [7, 11) is -3.91. The first-order valence-electron chi connectivity index (χ1n) is 8.26. The molecule has 0 saturated carbocycles. The molecule has 1 atom stereocenters. The Morgan fingerprint density at radius 3 is 2.93 bits per heavy atom. The smallest absolute Gasteiger partial charge is 0.265 e. The zero-order valence-electron chi connectivity index (χ0n) is 14.4. The van der Waals surface area contributed by atoms with E-state index in [-0.39, 0.29) is 10.8 Å². The predicted molar refractivity (Wildman–Crippen MR) is 97.4 cm³/mol. The summed E-state index contributed by atoms with van der Waals surface area (Å²) in [6.07, 6.45) is 4.67. The number of nitrogens with one attached hydrogen (secondary N) is 3.